The molecule has 0 bridgehead atoms. The van der Waals surface area contributed by atoms with Crippen molar-refractivity contribution in [2.45, 2.75) is 6.54 Å². The van der Waals surface area contributed by atoms with Crippen molar-refractivity contribution in [3.63, 3.8) is 0 Å². The molecule has 0 fully saturated rings. The van der Waals surface area contributed by atoms with E-state index in [1.807, 2.05) is 36.4 Å². The number of nitrogens with one attached hydrogen (secondary N) is 1. The third kappa shape index (κ3) is 4.85. The van der Waals surface area contributed by atoms with Crippen molar-refractivity contribution in [2.24, 2.45) is 0 Å². The number of aromatic nitrogens is 2. The summed E-state index contributed by atoms with van der Waals surface area (Å²) in [5.74, 6) is 1.18. The van der Waals surface area contributed by atoms with Crippen molar-refractivity contribution in [1.29, 1.82) is 0 Å². The highest BCUT2D eigenvalue weighted by Gasteiger charge is 2.19. The summed E-state index contributed by atoms with van der Waals surface area (Å²) in [7, 11) is 4.70. The standard InChI is InChI=1S/C26H24FN3O4/c1-32-21-6-4-5-18(14-21)25-22(16-30(29-25)20-10-8-19(27)9-11-20)26(31)28-15-17-7-12-23(33-2)24(13-17)34-3/h4-14,16H,15H2,1-3H3,(H,28,31). The molecule has 0 aliphatic heterocycles. The third-order valence-corrected chi connectivity index (χ3v) is 5.29. The molecule has 7 nitrogen and oxygen atoms in total. The molecule has 0 radical (unpaired) electrons. The Kier molecular flexibility index (Phi) is 6.77. The predicted octanol–water partition coefficient (Wildman–Crippen LogP) is 4.63. The predicted molar refractivity (Wildman–Crippen MR) is 126 cm³/mol. The lowest BCUT2D eigenvalue weighted by molar-refractivity contribution is 0.0951. The summed E-state index contributed by atoms with van der Waals surface area (Å²) in [5.41, 5.74) is 3.05. The number of rotatable bonds is 8. The first kappa shape index (κ1) is 22.8. The van der Waals surface area contributed by atoms with Gasteiger partial charge in [-0.1, -0.05) is 18.2 Å². The average Bonchev–Trinajstić information content (AvgIpc) is 3.33. The molecule has 0 unspecified atom stereocenters. The van der Waals surface area contributed by atoms with Crippen molar-refractivity contribution in [3.05, 3.63) is 89.9 Å². The van der Waals surface area contributed by atoms with Crippen LogP contribution in [0.15, 0.2) is 72.9 Å². The molecule has 0 atom stereocenters. The number of nitrogens with zero attached hydrogens (tertiary/aromatic N) is 2. The second-order valence-electron chi connectivity index (χ2n) is 7.42. The van der Waals surface area contributed by atoms with E-state index in [0.29, 0.717) is 34.2 Å². The van der Waals surface area contributed by atoms with E-state index in [4.69, 9.17) is 14.2 Å². The van der Waals surface area contributed by atoms with Crippen molar-refractivity contribution in [3.8, 4) is 34.2 Å². The van der Waals surface area contributed by atoms with Gasteiger partial charge < -0.3 is 19.5 Å². The number of methoxy groups -OCH3 is 3. The number of hydrogen-bond donors (Lipinski definition) is 1. The maximum absolute atomic E-state index is 13.4. The molecule has 1 N–H and O–H groups in total. The molecule has 0 saturated heterocycles. The maximum Gasteiger partial charge on any atom is 0.255 e. The molecule has 0 spiro atoms. The third-order valence-electron chi connectivity index (χ3n) is 5.29. The van der Waals surface area contributed by atoms with Gasteiger partial charge in [-0.05, 0) is 54.1 Å². The number of carbonyl (C=O) groups is 1. The molecule has 1 amide bonds. The normalized spacial score (nSPS) is 10.6. The fourth-order valence-corrected chi connectivity index (χ4v) is 3.52. The van der Waals surface area contributed by atoms with Crippen LogP contribution in [-0.2, 0) is 6.54 Å². The van der Waals surface area contributed by atoms with E-state index >= 15 is 0 Å². The van der Waals surface area contributed by atoms with Crippen LogP contribution in [0, 0.1) is 5.82 Å². The zero-order chi connectivity index (χ0) is 24.1. The smallest absolute Gasteiger partial charge is 0.255 e. The molecule has 1 heterocycles. The summed E-state index contributed by atoms with van der Waals surface area (Å²) in [5, 5.41) is 7.56. The van der Waals surface area contributed by atoms with Crippen molar-refractivity contribution < 1.29 is 23.4 Å². The molecule has 0 saturated carbocycles. The highest BCUT2D eigenvalue weighted by molar-refractivity contribution is 6.00. The Morgan fingerprint density at radius 3 is 2.41 bits per heavy atom. The van der Waals surface area contributed by atoms with Crippen molar-refractivity contribution >= 4 is 5.91 Å². The van der Waals surface area contributed by atoms with Crippen LogP contribution in [0.1, 0.15) is 15.9 Å². The largest absolute Gasteiger partial charge is 0.497 e. The van der Waals surface area contributed by atoms with Crippen molar-refractivity contribution in [2.75, 3.05) is 21.3 Å². The van der Waals surface area contributed by atoms with Crippen molar-refractivity contribution in [1.82, 2.24) is 15.1 Å². The van der Waals surface area contributed by atoms with Crippen LogP contribution in [0.2, 0.25) is 0 Å². The summed E-state index contributed by atoms with van der Waals surface area (Å²) in [6, 6.07) is 18.6. The first-order valence-corrected chi connectivity index (χ1v) is 10.5. The topological polar surface area (TPSA) is 74.6 Å². The number of halogens is 1. The van der Waals surface area contributed by atoms with Gasteiger partial charge in [0.1, 0.15) is 17.3 Å². The van der Waals surface area contributed by atoms with Gasteiger partial charge in [-0.2, -0.15) is 5.10 Å². The molecule has 3 aromatic carbocycles. The Labute approximate surface area is 196 Å². The quantitative estimate of drug-likeness (QED) is 0.414. The molecule has 1 aromatic heterocycles. The SMILES string of the molecule is COc1cccc(-c2nn(-c3ccc(F)cc3)cc2C(=O)NCc2ccc(OC)c(OC)c2)c1. The van der Waals surface area contributed by atoms with Gasteiger partial charge in [-0.15, -0.1) is 0 Å². The van der Waals surface area contributed by atoms with Crippen LogP contribution in [0.25, 0.3) is 16.9 Å². The molecule has 34 heavy (non-hydrogen) atoms. The molecule has 0 aliphatic rings. The van der Waals surface area contributed by atoms with Gasteiger partial charge in [0.25, 0.3) is 5.91 Å². The Morgan fingerprint density at radius 1 is 0.941 bits per heavy atom. The average molecular weight is 461 g/mol. The minimum absolute atomic E-state index is 0.276. The van der Waals surface area contributed by atoms with E-state index in [-0.39, 0.29) is 18.3 Å². The summed E-state index contributed by atoms with van der Waals surface area (Å²) < 4.78 is 30.9. The van der Waals surface area contributed by atoms with Crippen LogP contribution in [0.4, 0.5) is 4.39 Å². The maximum atomic E-state index is 13.4. The molecular formula is C26H24FN3O4. The van der Waals surface area contributed by atoms with Gasteiger partial charge in [0.2, 0.25) is 0 Å². The van der Waals surface area contributed by atoms with Gasteiger partial charge in [0, 0.05) is 18.3 Å². The van der Waals surface area contributed by atoms with E-state index < -0.39 is 0 Å². The molecule has 0 aliphatic carbocycles. The van der Waals surface area contributed by atoms with Crippen LogP contribution < -0.4 is 19.5 Å². The lowest BCUT2D eigenvalue weighted by atomic mass is 10.1. The molecule has 4 rings (SSSR count). The van der Waals surface area contributed by atoms with Gasteiger partial charge >= 0.3 is 0 Å². The fourth-order valence-electron chi connectivity index (χ4n) is 3.52. The molecule has 4 aromatic rings. The van der Waals surface area contributed by atoms with Gasteiger partial charge in [-0.3, -0.25) is 4.79 Å². The lowest BCUT2D eigenvalue weighted by Gasteiger charge is -2.10. The summed E-state index contributed by atoms with van der Waals surface area (Å²) >= 11 is 0. The minimum Gasteiger partial charge on any atom is -0.497 e. The lowest BCUT2D eigenvalue weighted by Crippen LogP contribution is -2.23. The second kappa shape index (κ2) is 10.1. The number of hydrogen-bond acceptors (Lipinski definition) is 5. The number of amides is 1. The summed E-state index contributed by atoms with van der Waals surface area (Å²) in [4.78, 5) is 13.2. The van der Waals surface area contributed by atoms with Gasteiger partial charge in [0.15, 0.2) is 11.5 Å². The van der Waals surface area contributed by atoms with E-state index in [0.717, 1.165) is 11.1 Å². The summed E-state index contributed by atoms with van der Waals surface area (Å²) in [6.45, 7) is 0.276. The van der Waals surface area contributed by atoms with E-state index in [1.54, 1.807) is 50.4 Å². The summed E-state index contributed by atoms with van der Waals surface area (Å²) in [6.07, 6.45) is 1.63. The van der Waals surface area contributed by atoms with E-state index in [2.05, 4.69) is 10.4 Å². The van der Waals surface area contributed by atoms with Crippen LogP contribution in [0.3, 0.4) is 0 Å². The number of ether oxygens (including phenoxy) is 3. The zero-order valence-electron chi connectivity index (χ0n) is 19.0. The molecule has 8 heteroatoms. The number of benzene rings is 3. The Bertz CT molecular complexity index is 1300. The van der Waals surface area contributed by atoms with Crippen LogP contribution >= 0.6 is 0 Å². The Morgan fingerprint density at radius 2 is 1.71 bits per heavy atom. The Hall–Kier alpha value is -4.33. The highest BCUT2D eigenvalue weighted by atomic mass is 19.1. The van der Waals surface area contributed by atoms with Gasteiger partial charge in [-0.25, -0.2) is 9.07 Å². The fraction of sp³-hybridized carbons (Fsp3) is 0.154. The monoisotopic (exact) mass is 461 g/mol. The highest BCUT2D eigenvalue weighted by Crippen LogP contribution is 2.29. The molecular weight excluding hydrogens is 437 g/mol. The minimum atomic E-state index is -0.350. The van der Waals surface area contributed by atoms with E-state index in [1.165, 1.54) is 12.1 Å². The van der Waals surface area contributed by atoms with Crippen LogP contribution in [0.5, 0.6) is 17.2 Å². The second-order valence-corrected chi connectivity index (χ2v) is 7.42. The molecule has 174 valence electrons. The first-order chi connectivity index (χ1) is 16.5. The number of carbonyl (C=O) groups excluding carboxylic acids is 1. The van der Waals surface area contributed by atoms with E-state index in [9.17, 15) is 9.18 Å². The van der Waals surface area contributed by atoms with Crippen LogP contribution in [-0.4, -0.2) is 37.0 Å². The first-order valence-electron chi connectivity index (χ1n) is 10.5. The Balaban J connectivity index is 1.66. The zero-order valence-corrected chi connectivity index (χ0v) is 19.0. The van der Waals surface area contributed by atoms with Gasteiger partial charge in [0.05, 0.1) is 32.6 Å².